The molecule has 1 fully saturated rings. The molecule has 1 saturated heterocycles. The molecule has 1 aromatic carbocycles. The molecule has 2 atom stereocenters. The van der Waals surface area contributed by atoms with Gasteiger partial charge in [-0.2, -0.15) is 0 Å². The first-order chi connectivity index (χ1) is 8.41. The van der Waals surface area contributed by atoms with Crippen LogP contribution in [0.2, 0.25) is 0 Å². The number of rotatable bonds is 2. The number of benzene rings is 1. The Hall–Kier alpha value is -2.02. The topological polar surface area (TPSA) is 89.3 Å². The van der Waals surface area contributed by atoms with Gasteiger partial charge < -0.3 is 0 Å². The van der Waals surface area contributed by atoms with E-state index in [0.29, 0.717) is 0 Å². The smallest absolute Gasteiger partial charge is 0.273 e. The summed E-state index contributed by atoms with van der Waals surface area (Å²) in [5.41, 5.74) is -0.653. The standard InChI is InChI=1S/C10H6ClFN2O4/c11-8-7(9(15)13-10(8)16)5-3-4(12)1-2-6(5)14(17)18/h1-3,7-8H,(H,13,15,16). The van der Waals surface area contributed by atoms with Crippen molar-refractivity contribution in [2.45, 2.75) is 11.3 Å². The summed E-state index contributed by atoms with van der Waals surface area (Å²) in [7, 11) is 0. The van der Waals surface area contributed by atoms with Gasteiger partial charge in [0.25, 0.3) is 5.69 Å². The predicted octanol–water partition coefficient (Wildman–Crippen LogP) is 1.08. The summed E-state index contributed by atoms with van der Waals surface area (Å²) < 4.78 is 13.1. The summed E-state index contributed by atoms with van der Waals surface area (Å²) in [6.07, 6.45) is 0. The lowest BCUT2D eigenvalue weighted by molar-refractivity contribution is -0.385. The third-order valence-corrected chi connectivity index (χ3v) is 3.04. The van der Waals surface area contributed by atoms with Crippen LogP contribution in [0.15, 0.2) is 18.2 Å². The van der Waals surface area contributed by atoms with E-state index in [9.17, 15) is 24.1 Å². The molecule has 1 heterocycles. The van der Waals surface area contributed by atoms with E-state index < -0.39 is 39.5 Å². The number of imide groups is 1. The lowest BCUT2D eigenvalue weighted by Gasteiger charge is -2.10. The normalized spacial score (nSPS) is 23.0. The highest BCUT2D eigenvalue weighted by molar-refractivity contribution is 6.37. The molecule has 0 aromatic heterocycles. The SMILES string of the molecule is O=C1NC(=O)C(c2cc(F)ccc2[N+](=O)[O-])C1Cl. The molecule has 2 unspecified atom stereocenters. The summed E-state index contributed by atoms with van der Waals surface area (Å²) >= 11 is 5.71. The monoisotopic (exact) mass is 272 g/mol. The number of amides is 2. The number of hydrogen-bond acceptors (Lipinski definition) is 4. The molecule has 0 spiro atoms. The second-order valence-electron chi connectivity index (χ2n) is 3.69. The predicted molar refractivity (Wildman–Crippen MR) is 58.6 cm³/mol. The number of nitro groups is 1. The maximum atomic E-state index is 13.1. The van der Waals surface area contributed by atoms with E-state index in [1.807, 2.05) is 5.32 Å². The Labute approximate surface area is 105 Å². The van der Waals surface area contributed by atoms with Crippen LogP contribution in [0.4, 0.5) is 10.1 Å². The van der Waals surface area contributed by atoms with Crippen LogP contribution >= 0.6 is 11.6 Å². The number of nitro benzene ring substituents is 1. The molecule has 2 amide bonds. The van der Waals surface area contributed by atoms with Crippen molar-refractivity contribution < 1.29 is 18.9 Å². The number of halogens is 2. The van der Waals surface area contributed by atoms with Gasteiger partial charge in [0.15, 0.2) is 0 Å². The minimum Gasteiger partial charge on any atom is -0.295 e. The molecular formula is C10H6ClFN2O4. The summed E-state index contributed by atoms with van der Waals surface area (Å²) in [4.78, 5) is 32.8. The van der Waals surface area contributed by atoms with Crippen LogP contribution in [-0.2, 0) is 9.59 Å². The van der Waals surface area contributed by atoms with Crippen molar-refractivity contribution in [3.8, 4) is 0 Å². The zero-order valence-electron chi connectivity index (χ0n) is 8.72. The molecule has 0 radical (unpaired) electrons. The first kappa shape index (κ1) is 12.4. The fraction of sp³-hybridized carbons (Fsp3) is 0.200. The third kappa shape index (κ3) is 1.92. The first-order valence-electron chi connectivity index (χ1n) is 4.84. The van der Waals surface area contributed by atoms with Crippen molar-refractivity contribution in [1.29, 1.82) is 0 Å². The van der Waals surface area contributed by atoms with Crippen LogP contribution < -0.4 is 5.32 Å². The summed E-state index contributed by atoms with van der Waals surface area (Å²) in [6, 6.07) is 2.68. The van der Waals surface area contributed by atoms with Gasteiger partial charge >= 0.3 is 0 Å². The molecule has 0 bridgehead atoms. The lowest BCUT2D eigenvalue weighted by atomic mass is 9.95. The van der Waals surface area contributed by atoms with Crippen molar-refractivity contribution in [2.75, 3.05) is 0 Å². The second-order valence-corrected chi connectivity index (χ2v) is 4.16. The van der Waals surface area contributed by atoms with Crippen molar-refractivity contribution in [2.24, 2.45) is 0 Å². The number of carbonyl (C=O) groups is 2. The summed E-state index contributed by atoms with van der Waals surface area (Å²) in [5, 5.41) is 11.5. The molecule has 1 aliphatic heterocycles. The molecule has 1 aromatic rings. The Balaban J connectivity index is 2.56. The minimum absolute atomic E-state index is 0.205. The van der Waals surface area contributed by atoms with E-state index >= 15 is 0 Å². The zero-order valence-corrected chi connectivity index (χ0v) is 9.48. The Bertz CT molecular complexity index is 563. The number of nitrogens with one attached hydrogen (secondary N) is 1. The fourth-order valence-corrected chi connectivity index (χ4v) is 2.10. The number of hydrogen-bond donors (Lipinski definition) is 1. The average Bonchev–Trinajstić information content (AvgIpc) is 2.52. The fourth-order valence-electron chi connectivity index (χ4n) is 1.79. The largest absolute Gasteiger partial charge is 0.295 e. The number of nitrogens with zero attached hydrogens (tertiary/aromatic N) is 1. The van der Waals surface area contributed by atoms with E-state index in [4.69, 9.17) is 11.6 Å². The van der Waals surface area contributed by atoms with Crippen LogP contribution in [0.3, 0.4) is 0 Å². The van der Waals surface area contributed by atoms with Gasteiger partial charge in [-0.1, -0.05) is 0 Å². The van der Waals surface area contributed by atoms with Gasteiger partial charge in [0, 0.05) is 11.6 Å². The maximum absolute atomic E-state index is 13.1. The maximum Gasteiger partial charge on any atom is 0.273 e. The van der Waals surface area contributed by atoms with E-state index in [2.05, 4.69) is 0 Å². The van der Waals surface area contributed by atoms with Crippen LogP contribution in [0.5, 0.6) is 0 Å². The van der Waals surface area contributed by atoms with Crippen molar-refractivity contribution >= 4 is 29.1 Å². The number of alkyl halides is 1. The number of carbonyl (C=O) groups excluding carboxylic acids is 2. The van der Waals surface area contributed by atoms with Gasteiger partial charge in [0.1, 0.15) is 11.2 Å². The molecule has 8 heteroatoms. The van der Waals surface area contributed by atoms with Crippen molar-refractivity contribution in [1.82, 2.24) is 5.32 Å². The first-order valence-corrected chi connectivity index (χ1v) is 5.28. The highest BCUT2D eigenvalue weighted by atomic mass is 35.5. The molecular weight excluding hydrogens is 267 g/mol. The molecule has 1 N–H and O–H groups in total. The quantitative estimate of drug-likeness (QED) is 0.377. The Morgan fingerprint density at radius 3 is 2.50 bits per heavy atom. The van der Waals surface area contributed by atoms with Gasteiger partial charge in [-0.25, -0.2) is 4.39 Å². The molecule has 0 saturated carbocycles. The Kier molecular flexibility index (Phi) is 3.00. The van der Waals surface area contributed by atoms with E-state index in [1.54, 1.807) is 0 Å². The zero-order chi connectivity index (χ0) is 13.4. The molecule has 94 valence electrons. The lowest BCUT2D eigenvalue weighted by Crippen LogP contribution is -2.22. The van der Waals surface area contributed by atoms with Gasteiger partial charge in [0.2, 0.25) is 11.8 Å². The van der Waals surface area contributed by atoms with Gasteiger partial charge in [-0.3, -0.25) is 25.0 Å². The second kappa shape index (κ2) is 4.34. The van der Waals surface area contributed by atoms with Crippen LogP contribution in [0, 0.1) is 15.9 Å². The van der Waals surface area contributed by atoms with Gasteiger partial charge in [-0.15, -0.1) is 11.6 Å². The van der Waals surface area contributed by atoms with Crippen LogP contribution in [0.25, 0.3) is 0 Å². The Morgan fingerprint density at radius 1 is 1.33 bits per heavy atom. The summed E-state index contributed by atoms with van der Waals surface area (Å²) in [5.74, 6) is -3.51. The van der Waals surface area contributed by atoms with Crippen molar-refractivity contribution in [3.63, 3.8) is 0 Å². The third-order valence-electron chi connectivity index (χ3n) is 2.59. The highest BCUT2D eigenvalue weighted by Crippen LogP contribution is 2.34. The van der Waals surface area contributed by atoms with Gasteiger partial charge in [-0.05, 0) is 12.1 Å². The van der Waals surface area contributed by atoms with Crippen molar-refractivity contribution in [3.05, 3.63) is 39.7 Å². The minimum atomic E-state index is -1.28. The van der Waals surface area contributed by atoms with Crippen LogP contribution in [-0.4, -0.2) is 22.1 Å². The summed E-state index contributed by atoms with van der Waals surface area (Å²) in [6.45, 7) is 0. The molecule has 0 aliphatic carbocycles. The molecule has 18 heavy (non-hydrogen) atoms. The van der Waals surface area contributed by atoms with Crippen LogP contribution in [0.1, 0.15) is 11.5 Å². The average molecular weight is 273 g/mol. The van der Waals surface area contributed by atoms with E-state index in [0.717, 1.165) is 18.2 Å². The molecule has 1 aliphatic rings. The molecule has 2 rings (SSSR count). The Morgan fingerprint density at radius 2 is 2.00 bits per heavy atom. The van der Waals surface area contributed by atoms with E-state index in [-0.39, 0.29) is 5.56 Å². The highest BCUT2D eigenvalue weighted by Gasteiger charge is 2.44. The van der Waals surface area contributed by atoms with Gasteiger partial charge in [0.05, 0.1) is 10.8 Å². The molecule has 6 nitrogen and oxygen atoms in total. The van der Waals surface area contributed by atoms with E-state index in [1.165, 1.54) is 0 Å².